The molecule has 2 rings (SSSR count). The van der Waals surface area contributed by atoms with E-state index in [9.17, 15) is 0 Å². The van der Waals surface area contributed by atoms with Gasteiger partial charge in [-0.25, -0.2) is 0 Å². The Morgan fingerprint density at radius 2 is 2.21 bits per heavy atom. The maximum absolute atomic E-state index is 5.28. The van der Waals surface area contributed by atoms with Crippen LogP contribution in [0.15, 0.2) is 12.3 Å². The number of hydrogen-bond donors (Lipinski definition) is 0. The average molecular weight is 195 g/mol. The molecule has 0 saturated carbocycles. The third-order valence-electron chi connectivity index (χ3n) is 2.21. The Labute approximate surface area is 82.6 Å². The van der Waals surface area contributed by atoms with Crippen LogP contribution in [0.25, 0.3) is 0 Å². The lowest BCUT2D eigenvalue weighted by Gasteiger charge is -2.28. The fraction of sp³-hybridized carbons (Fsp3) is 0.556. The van der Waals surface area contributed by atoms with Gasteiger partial charge < -0.3 is 14.4 Å². The molecule has 0 spiro atoms. The quantitative estimate of drug-likeness (QED) is 0.680. The fourth-order valence-corrected chi connectivity index (χ4v) is 1.50. The zero-order valence-electron chi connectivity index (χ0n) is 8.14. The molecule has 0 bridgehead atoms. The van der Waals surface area contributed by atoms with Crippen LogP contribution in [0.4, 0.5) is 5.69 Å². The van der Waals surface area contributed by atoms with Crippen molar-refractivity contribution in [3.8, 4) is 5.88 Å². The molecule has 0 aliphatic carbocycles. The summed E-state index contributed by atoms with van der Waals surface area (Å²) in [6.07, 6.45) is 1.67. The number of nitrogens with zero attached hydrogens (tertiary/aromatic N) is 3. The summed E-state index contributed by atoms with van der Waals surface area (Å²) >= 11 is 0. The van der Waals surface area contributed by atoms with Gasteiger partial charge in [0.25, 0.3) is 5.88 Å². The first-order valence-corrected chi connectivity index (χ1v) is 4.60. The summed E-state index contributed by atoms with van der Waals surface area (Å²) in [7, 11) is 1.61. The van der Waals surface area contributed by atoms with E-state index in [2.05, 4.69) is 15.1 Å². The third kappa shape index (κ3) is 1.77. The Hall–Kier alpha value is -1.36. The maximum Gasteiger partial charge on any atom is 0.257 e. The van der Waals surface area contributed by atoms with Gasteiger partial charge in [0, 0.05) is 13.1 Å². The Morgan fingerprint density at radius 1 is 1.43 bits per heavy atom. The van der Waals surface area contributed by atoms with Crippen molar-refractivity contribution in [2.45, 2.75) is 0 Å². The molecule has 1 saturated heterocycles. The molecule has 14 heavy (non-hydrogen) atoms. The molecule has 1 aliphatic rings. The molecule has 5 nitrogen and oxygen atoms in total. The number of hydrogen-bond acceptors (Lipinski definition) is 5. The highest BCUT2D eigenvalue weighted by atomic mass is 16.5. The van der Waals surface area contributed by atoms with Crippen LogP contribution >= 0.6 is 0 Å². The molecule has 1 aromatic heterocycles. The first-order valence-electron chi connectivity index (χ1n) is 4.60. The zero-order valence-corrected chi connectivity index (χ0v) is 8.14. The molecule has 1 aliphatic heterocycles. The van der Waals surface area contributed by atoms with Gasteiger partial charge in [0.05, 0.1) is 26.5 Å². The van der Waals surface area contributed by atoms with Gasteiger partial charge in [-0.05, 0) is 6.07 Å². The molecule has 0 unspecified atom stereocenters. The lowest BCUT2D eigenvalue weighted by molar-refractivity contribution is 0.122. The minimum atomic E-state index is 0.578. The van der Waals surface area contributed by atoms with Crippen LogP contribution in [0.5, 0.6) is 5.88 Å². The largest absolute Gasteiger partial charge is 0.478 e. The highest BCUT2D eigenvalue weighted by molar-refractivity contribution is 5.53. The van der Waals surface area contributed by atoms with E-state index in [1.54, 1.807) is 13.3 Å². The molecule has 0 radical (unpaired) electrons. The molecule has 76 valence electrons. The molecular weight excluding hydrogens is 182 g/mol. The standard InChI is InChI=1S/C9H13N3O2/c1-13-9-8(2-3-10-11-9)12-4-6-14-7-5-12/h2-3H,4-7H2,1H3. The van der Waals surface area contributed by atoms with Crippen LogP contribution in [0.3, 0.4) is 0 Å². The number of anilines is 1. The first-order chi connectivity index (χ1) is 6.92. The second-order valence-electron chi connectivity index (χ2n) is 3.03. The maximum atomic E-state index is 5.28. The van der Waals surface area contributed by atoms with E-state index in [-0.39, 0.29) is 0 Å². The van der Waals surface area contributed by atoms with E-state index < -0.39 is 0 Å². The summed E-state index contributed by atoms with van der Waals surface area (Å²) in [5.41, 5.74) is 0.991. The molecule has 1 fully saturated rings. The van der Waals surface area contributed by atoms with E-state index in [4.69, 9.17) is 9.47 Å². The SMILES string of the molecule is COc1nnccc1N1CCOCC1. The van der Waals surface area contributed by atoms with Crippen molar-refractivity contribution in [3.05, 3.63) is 12.3 Å². The third-order valence-corrected chi connectivity index (χ3v) is 2.21. The zero-order chi connectivity index (χ0) is 9.80. The van der Waals surface area contributed by atoms with Crippen molar-refractivity contribution in [2.24, 2.45) is 0 Å². The van der Waals surface area contributed by atoms with Gasteiger partial charge in [-0.15, -0.1) is 5.10 Å². The Morgan fingerprint density at radius 3 is 2.93 bits per heavy atom. The van der Waals surface area contributed by atoms with Crippen LogP contribution in [0.1, 0.15) is 0 Å². The summed E-state index contributed by atoms with van der Waals surface area (Å²) < 4.78 is 10.4. The smallest absolute Gasteiger partial charge is 0.257 e. The predicted molar refractivity (Wildman–Crippen MR) is 51.6 cm³/mol. The van der Waals surface area contributed by atoms with Crippen molar-refractivity contribution in [3.63, 3.8) is 0 Å². The van der Waals surface area contributed by atoms with E-state index in [1.165, 1.54) is 0 Å². The van der Waals surface area contributed by atoms with Crippen LogP contribution in [-0.2, 0) is 4.74 Å². The summed E-state index contributed by atoms with van der Waals surface area (Å²) in [5, 5.41) is 7.70. The van der Waals surface area contributed by atoms with Gasteiger partial charge in [-0.3, -0.25) is 0 Å². The first kappa shape index (κ1) is 9.21. The molecule has 1 aromatic rings. The predicted octanol–water partition coefficient (Wildman–Crippen LogP) is 0.322. The number of aromatic nitrogens is 2. The molecular formula is C9H13N3O2. The second-order valence-corrected chi connectivity index (χ2v) is 3.03. The van der Waals surface area contributed by atoms with Gasteiger partial charge in [0.1, 0.15) is 5.69 Å². The average Bonchev–Trinajstić information content (AvgIpc) is 2.30. The molecule has 0 atom stereocenters. The fourth-order valence-electron chi connectivity index (χ4n) is 1.50. The molecule has 2 heterocycles. The Balaban J connectivity index is 2.20. The highest BCUT2D eigenvalue weighted by Gasteiger charge is 2.15. The summed E-state index contributed by atoms with van der Waals surface area (Å²) in [6, 6.07) is 1.91. The summed E-state index contributed by atoms with van der Waals surface area (Å²) in [6.45, 7) is 3.26. The monoisotopic (exact) mass is 195 g/mol. The Bertz CT molecular complexity index is 300. The van der Waals surface area contributed by atoms with Crippen LogP contribution in [0.2, 0.25) is 0 Å². The Kier molecular flexibility index (Phi) is 2.78. The number of morpholine rings is 1. The van der Waals surface area contributed by atoms with Crippen molar-refractivity contribution >= 4 is 5.69 Å². The molecule has 0 N–H and O–H groups in total. The van der Waals surface area contributed by atoms with Gasteiger partial charge in [-0.1, -0.05) is 0 Å². The summed E-state index contributed by atoms with van der Waals surface area (Å²) in [4.78, 5) is 2.19. The lowest BCUT2D eigenvalue weighted by Crippen LogP contribution is -2.36. The van der Waals surface area contributed by atoms with Gasteiger partial charge in [0.2, 0.25) is 0 Å². The van der Waals surface area contributed by atoms with Gasteiger partial charge in [0.15, 0.2) is 0 Å². The summed E-state index contributed by atoms with van der Waals surface area (Å²) in [5.74, 6) is 0.578. The van der Waals surface area contributed by atoms with E-state index in [0.29, 0.717) is 5.88 Å². The van der Waals surface area contributed by atoms with Crippen LogP contribution < -0.4 is 9.64 Å². The van der Waals surface area contributed by atoms with Gasteiger partial charge in [-0.2, -0.15) is 5.10 Å². The normalized spacial score (nSPS) is 16.8. The number of rotatable bonds is 2. The van der Waals surface area contributed by atoms with Crippen molar-refractivity contribution in [2.75, 3.05) is 38.3 Å². The highest BCUT2D eigenvalue weighted by Crippen LogP contribution is 2.24. The van der Waals surface area contributed by atoms with E-state index in [1.807, 2.05) is 6.07 Å². The van der Waals surface area contributed by atoms with Crippen molar-refractivity contribution in [1.82, 2.24) is 10.2 Å². The van der Waals surface area contributed by atoms with Crippen LogP contribution in [0, 0.1) is 0 Å². The number of methoxy groups -OCH3 is 1. The van der Waals surface area contributed by atoms with E-state index >= 15 is 0 Å². The lowest BCUT2D eigenvalue weighted by atomic mass is 10.3. The van der Waals surface area contributed by atoms with Crippen molar-refractivity contribution in [1.29, 1.82) is 0 Å². The van der Waals surface area contributed by atoms with Crippen molar-refractivity contribution < 1.29 is 9.47 Å². The topological polar surface area (TPSA) is 47.5 Å². The minimum absolute atomic E-state index is 0.578. The van der Waals surface area contributed by atoms with Gasteiger partial charge >= 0.3 is 0 Å². The molecule has 0 amide bonds. The second kappa shape index (κ2) is 4.23. The van der Waals surface area contributed by atoms with Crippen LogP contribution in [-0.4, -0.2) is 43.6 Å². The molecule has 5 heteroatoms. The van der Waals surface area contributed by atoms with E-state index in [0.717, 1.165) is 32.0 Å². The number of ether oxygens (including phenoxy) is 2. The molecule has 0 aromatic carbocycles. The minimum Gasteiger partial charge on any atom is -0.478 e.